The van der Waals surface area contributed by atoms with E-state index in [4.69, 9.17) is 5.73 Å². The van der Waals surface area contributed by atoms with Gasteiger partial charge in [-0.05, 0) is 37.0 Å². The Balaban J connectivity index is 1.64. The van der Waals surface area contributed by atoms with E-state index in [2.05, 4.69) is 10.6 Å². The van der Waals surface area contributed by atoms with E-state index < -0.39 is 6.04 Å². The molecule has 0 spiro atoms. The molecule has 0 bridgehead atoms. The number of amides is 2. The smallest absolute Gasteiger partial charge is 0.237 e. The zero-order chi connectivity index (χ0) is 15.2. The molecule has 1 aromatic carbocycles. The van der Waals surface area contributed by atoms with Gasteiger partial charge in [-0.1, -0.05) is 12.1 Å². The Morgan fingerprint density at radius 2 is 1.81 bits per heavy atom. The number of phenolic OH excluding ortho intramolecular Hbond substituents is 1. The number of phenols is 1. The van der Waals surface area contributed by atoms with Crippen molar-refractivity contribution in [3.63, 3.8) is 0 Å². The van der Waals surface area contributed by atoms with Crippen molar-refractivity contribution >= 4 is 11.8 Å². The maximum absolute atomic E-state index is 11.8. The average Bonchev–Trinajstić information content (AvgIpc) is 3.30. The Bertz CT molecular complexity index is 497. The first-order valence-electron chi connectivity index (χ1n) is 7.15. The number of carbonyl (C=O) groups is 2. The number of nitrogens with two attached hydrogens (primary N) is 1. The summed E-state index contributed by atoms with van der Waals surface area (Å²) >= 11 is 0. The van der Waals surface area contributed by atoms with Crippen LogP contribution in [0.4, 0.5) is 0 Å². The van der Waals surface area contributed by atoms with E-state index in [1.807, 2.05) is 0 Å². The maximum atomic E-state index is 11.8. The molecular formula is C15H21N3O3. The normalized spacial score (nSPS) is 15.3. The molecule has 1 aromatic rings. The van der Waals surface area contributed by atoms with Crippen molar-refractivity contribution in [2.24, 2.45) is 11.7 Å². The fourth-order valence-corrected chi connectivity index (χ4v) is 1.97. The van der Waals surface area contributed by atoms with Gasteiger partial charge in [-0.25, -0.2) is 0 Å². The van der Waals surface area contributed by atoms with Crippen molar-refractivity contribution in [3.05, 3.63) is 29.8 Å². The van der Waals surface area contributed by atoms with E-state index in [1.54, 1.807) is 24.3 Å². The predicted molar refractivity (Wildman–Crippen MR) is 78.5 cm³/mol. The molecule has 1 fully saturated rings. The minimum absolute atomic E-state index is 0.0673. The van der Waals surface area contributed by atoms with E-state index in [-0.39, 0.29) is 23.5 Å². The van der Waals surface area contributed by atoms with Crippen LogP contribution in [-0.2, 0) is 16.0 Å². The second-order valence-electron chi connectivity index (χ2n) is 5.33. The highest BCUT2D eigenvalue weighted by molar-refractivity contribution is 5.82. The van der Waals surface area contributed by atoms with Crippen LogP contribution in [0.15, 0.2) is 24.3 Å². The lowest BCUT2D eigenvalue weighted by atomic mass is 10.1. The van der Waals surface area contributed by atoms with Crippen LogP contribution < -0.4 is 16.4 Å². The van der Waals surface area contributed by atoms with Gasteiger partial charge in [0, 0.05) is 19.0 Å². The second kappa shape index (κ2) is 7.08. The second-order valence-corrected chi connectivity index (χ2v) is 5.33. The van der Waals surface area contributed by atoms with Gasteiger partial charge in [0.2, 0.25) is 11.8 Å². The lowest BCUT2D eigenvalue weighted by Gasteiger charge is -2.12. The molecule has 1 atom stereocenters. The number of benzene rings is 1. The Hall–Kier alpha value is -2.08. The van der Waals surface area contributed by atoms with Crippen molar-refractivity contribution in [2.75, 3.05) is 13.1 Å². The van der Waals surface area contributed by atoms with Crippen LogP contribution in [-0.4, -0.2) is 36.1 Å². The van der Waals surface area contributed by atoms with E-state index in [0.29, 0.717) is 19.5 Å². The van der Waals surface area contributed by atoms with Gasteiger partial charge in [-0.15, -0.1) is 0 Å². The first kappa shape index (κ1) is 15.3. The molecule has 0 saturated heterocycles. The van der Waals surface area contributed by atoms with Gasteiger partial charge >= 0.3 is 0 Å². The molecule has 114 valence electrons. The molecule has 1 saturated carbocycles. The summed E-state index contributed by atoms with van der Waals surface area (Å²) in [6, 6.07) is 5.95. The number of hydrogen-bond donors (Lipinski definition) is 4. The zero-order valence-electron chi connectivity index (χ0n) is 11.8. The van der Waals surface area contributed by atoms with Gasteiger partial charge < -0.3 is 21.5 Å². The lowest BCUT2D eigenvalue weighted by Crippen LogP contribution is -2.44. The molecule has 6 heteroatoms. The Labute approximate surface area is 123 Å². The fraction of sp³-hybridized carbons (Fsp3) is 0.467. The number of hydrogen-bond acceptors (Lipinski definition) is 4. The quantitative estimate of drug-likeness (QED) is 0.527. The molecule has 2 amide bonds. The predicted octanol–water partition coefficient (Wildman–Crippen LogP) is -0.0956. The van der Waals surface area contributed by atoms with E-state index in [9.17, 15) is 14.7 Å². The number of carbonyl (C=O) groups excluding carboxylic acids is 2. The summed E-state index contributed by atoms with van der Waals surface area (Å²) in [6.07, 6.45) is 2.34. The van der Waals surface area contributed by atoms with Crippen LogP contribution in [0.1, 0.15) is 18.4 Å². The fourth-order valence-electron chi connectivity index (χ4n) is 1.97. The molecule has 1 aliphatic rings. The standard InChI is InChI=1S/C15H21N3O3/c16-13(9-10-1-5-12(19)6-2-10)15(21)18-8-7-17-14(20)11-3-4-11/h1-2,5-6,11,13,19H,3-4,7-9,16H2,(H,17,20)(H,18,21)/t13-/m0/s1. The van der Waals surface area contributed by atoms with Crippen LogP contribution in [0, 0.1) is 5.92 Å². The summed E-state index contributed by atoms with van der Waals surface area (Å²) < 4.78 is 0. The Kier molecular flexibility index (Phi) is 5.16. The molecule has 0 radical (unpaired) electrons. The largest absolute Gasteiger partial charge is 0.508 e. The van der Waals surface area contributed by atoms with Crippen molar-refractivity contribution in [3.8, 4) is 5.75 Å². The van der Waals surface area contributed by atoms with Crippen LogP contribution >= 0.6 is 0 Å². The maximum Gasteiger partial charge on any atom is 0.237 e. The molecule has 2 rings (SSSR count). The van der Waals surface area contributed by atoms with Crippen LogP contribution in [0.25, 0.3) is 0 Å². The van der Waals surface area contributed by atoms with E-state index >= 15 is 0 Å². The van der Waals surface area contributed by atoms with Crippen LogP contribution in [0.2, 0.25) is 0 Å². The minimum Gasteiger partial charge on any atom is -0.508 e. The Morgan fingerprint density at radius 3 is 2.43 bits per heavy atom. The first-order chi connectivity index (χ1) is 10.1. The van der Waals surface area contributed by atoms with Gasteiger partial charge in [-0.3, -0.25) is 9.59 Å². The van der Waals surface area contributed by atoms with E-state index in [0.717, 1.165) is 18.4 Å². The third-order valence-corrected chi connectivity index (χ3v) is 3.40. The zero-order valence-corrected chi connectivity index (χ0v) is 11.8. The third-order valence-electron chi connectivity index (χ3n) is 3.40. The Morgan fingerprint density at radius 1 is 1.19 bits per heavy atom. The van der Waals surface area contributed by atoms with Crippen LogP contribution in [0.3, 0.4) is 0 Å². The molecule has 21 heavy (non-hydrogen) atoms. The van der Waals surface area contributed by atoms with Crippen molar-refractivity contribution in [2.45, 2.75) is 25.3 Å². The average molecular weight is 291 g/mol. The highest BCUT2D eigenvalue weighted by Gasteiger charge is 2.29. The SMILES string of the molecule is N[C@@H](Cc1ccc(O)cc1)C(=O)NCCNC(=O)C1CC1. The summed E-state index contributed by atoms with van der Waals surface area (Å²) in [6.45, 7) is 0.799. The van der Waals surface area contributed by atoms with Crippen molar-refractivity contribution in [1.29, 1.82) is 0 Å². The van der Waals surface area contributed by atoms with E-state index in [1.165, 1.54) is 0 Å². The molecule has 0 heterocycles. The summed E-state index contributed by atoms with van der Waals surface area (Å²) in [5.41, 5.74) is 6.71. The highest BCUT2D eigenvalue weighted by Crippen LogP contribution is 2.28. The number of rotatable bonds is 7. The van der Waals surface area contributed by atoms with Gasteiger partial charge in [0.15, 0.2) is 0 Å². The highest BCUT2D eigenvalue weighted by atomic mass is 16.3. The lowest BCUT2D eigenvalue weighted by molar-refractivity contribution is -0.124. The van der Waals surface area contributed by atoms with Gasteiger partial charge in [0.25, 0.3) is 0 Å². The molecule has 5 N–H and O–H groups in total. The monoisotopic (exact) mass is 291 g/mol. The minimum atomic E-state index is -0.645. The molecule has 6 nitrogen and oxygen atoms in total. The first-order valence-corrected chi connectivity index (χ1v) is 7.15. The number of nitrogens with one attached hydrogen (secondary N) is 2. The third kappa shape index (κ3) is 5.07. The summed E-state index contributed by atoms with van der Waals surface area (Å²) in [5, 5.41) is 14.7. The summed E-state index contributed by atoms with van der Waals surface area (Å²) in [4.78, 5) is 23.2. The van der Waals surface area contributed by atoms with Crippen molar-refractivity contribution < 1.29 is 14.7 Å². The molecule has 0 unspecified atom stereocenters. The topological polar surface area (TPSA) is 104 Å². The van der Waals surface area contributed by atoms with Gasteiger partial charge in [0.05, 0.1) is 6.04 Å². The van der Waals surface area contributed by atoms with Gasteiger partial charge in [-0.2, -0.15) is 0 Å². The van der Waals surface area contributed by atoms with Crippen molar-refractivity contribution in [1.82, 2.24) is 10.6 Å². The molecule has 0 aliphatic heterocycles. The van der Waals surface area contributed by atoms with Gasteiger partial charge in [0.1, 0.15) is 5.75 Å². The molecule has 1 aliphatic carbocycles. The molecule has 0 aromatic heterocycles. The summed E-state index contributed by atoms with van der Waals surface area (Å²) in [7, 11) is 0. The molecular weight excluding hydrogens is 270 g/mol. The summed E-state index contributed by atoms with van der Waals surface area (Å²) in [5.74, 6) is 0.182. The number of aromatic hydroxyl groups is 1. The van der Waals surface area contributed by atoms with Crippen LogP contribution in [0.5, 0.6) is 5.75 Å².